The van der Waals surface area contributed by atoms with E-state index in [4.69, 9.17) is 15.6 Å². The highest BCUT2D eigenvalue weighted by Crippen LogP contribution is 2.23. The lowest BCUT2D eigenvalue weighted by atomic mass is 10.1. The summed E-state index contributed by atoms with van der Waals surface area (Å²) < 4.78 is 42.1. The van der Waals surface area contributed by atoms with Gasteiger partial charge in [-0.1, -0.05) is 0 Å². The van der Waals surface area contributed by atoms with Crippen LogP contribution in [0.3, 0.4) is 0 Å². The summed E-state index contributed by atoms with van der Waals surface area (Å²) in [5.74, 6) is -0.500. The lowest BCUT2D eigenvalue weighted by Gasteiger charge is -2.23. The van der Waals surface area contributed by atoms with Gasteiger partial charge in [-0.05, 0) is 12.1 Å². The molecule has 112 valence electrons. The molecule has 0 aliphatic heterocycles. The Morgan fingerprint density at radius 1 is 1.45 bits per heavy atom. The van der Waals surface area contributed by atoms with Crippen LogP contribution >= 0.6 is 0 Å². The monoisotopic (exact) mass is 292 g/mol. The number of ether oxygens (including phenoxy) is 1. The molecule has 1 amide bonds. The lowest BCUT2D eigenvalue weighted by molar-refractivity contribution is -0.141. The zero-order valence-corrected chi connectivity index (χ0v) is 10.8. The third kappa shape index (κ3) is 4.30. The average Bonchev–Trinajstić information content (AvgIpc) is 2.35. The van der Waals surface area contributed by atoms with E-state index >= 15 is 0 Å². The summed E-state index contributed by atoms with van der Waals surface area (Å²) in [6.07, 6.45) is -4.55. The van der Waals surface area contributed by atoms with Crippen LogP contribution in [0.25, 0.3) is 0 Å². The van der Waals surface area contributed by atoms with Gasteiger partial charge in [0.2, 0.25) is 0 Å². The first-order chi connectivity index (χ1) is 9.28. The molecule has 0 spiro atoms. The molecule has 3 N–H and O–H groups in total. The van der Waals surface area contributed by atoms with Crippen LogP contribution in [-0.4, -0.2) is 48.9 Å². The van der Waals surface area contributed by atoms with E-state index in [1.807, 2.05) is 0 Å². The number of halogens is 3. The number of carbonyl (C=O) groups excluding carboxylic acids is 1. The van der Waals surface area contributed by atoms with Gasteiger partial charge in [-0.15, -0.1) is 0 Å². The van der Waals surface area contributed by atoms with Crippen molar-refractivity contribution in [2.75, 3.05) is 32.5 Å². The first-order valence-corrected chi connectivity index (χ1v) is 5.69. The molecule has 0 heterocycles. The van der Waals surface area contributed by atoms with Gasteiger partial charge in [-0.3, -0.25) is 4.79 Å². The number of benzene rings is 1. The second-order valence-electron chi connectivity index (χ2n) is 4.02. The van der Waals surface area contributed by atoms with Gasteiger partial charge >= 0.3 is 6.18 Å². The standard InChI is InChI=1S/C12H15F3N2O3/c1-20-8-2-3-9(10(16)6-8)11(19)17(4-5-18)7-12(13,14)15/h2-3,6,18H,4-5,7,16H2,1H3. The molecular weight excluding hydrogens is 277 g/mol. The maximum Gasteiger partial charge on any atom is 0.406 e. The summed E-state index contributed by atoms with van der Waals surface area (Å²) in [6.45, 7) is -2.44. The number of hydrogen-bond donors (Lipinski definition) is 2. The lowest BCUT2D eigenvalue weighted by Crippen LogP contribution is -2.40. The van der Waals surface area contributed by atoms with Crippen LogP contribution in [0.4, 0.5) is 18.9 Å². The maximum absolute atomic E-state index is 12.4. The number of alkyl halides is 3. The molecule has 0 fully saturated rings. The van der Waals surface area contributed by atoms with E-state index in [1.165, 1.54) is 25.3 Å². The largest absolute Gasteiger partial charge is 0.497 e. The van der Waals surface area contributed by atoms with Crippen molar-refractivity contribution in [3.05, 3.63) is 23.8 Å². The molecule has 0 unspecified atom stereocenters. The number of nitrogen functional groups attached to an aromatic ring is 1. The molecule has 0 aliphatic carbocycles. The molecule has 0 radical (unpaired) electrons. The molecule has 0 bridgehead atoms. The fourth-order valence-corrected chi connectivity index (χ4v) is 1.62. The highest BCUT2D eigenvalue weighted by Gasteiger charge is 2.33. The Balaban J connectivity index is 3.00. The van der Waals surface area contributed by atoms with Crippen LogP contribution < -0.4 is 10.5 Å². The van der Waals surface area contributed by atoms with Gasteiger partial charge < -0.3 is 20.5 Å². The predicted molar refractivity (Wildman–Crippen MR) is 66.5 cm³/mol. The molecule has 0 saturated carbocycles. The van der Waals surface area contributed by atoms with E-state index < -0.39 is 31.8 Å². The molecule has 1 rings (SSSR count). The number of methoxy groups -OCH3 is 1. The Morgan fingerprint density at radius 3 is 2.55 bits per heavy atom. The van der Waals surface area contributed by atoms with Crippen molar-refractivity contribution in [2.45, 2.75) is 6.18 Å². The number of amides is 1. The first-order valence-electron chi connectivity index (χ1n) is 5.69. The summed E-state index contributed by atoms with van der Waals surface area (Å²) in [6, 6.07) is 4.06. The molecule has 1 aromatic rings. The molecule has 0 atom stereocenters. The van der Waals surface area contributed by atoms with Crippen LogP contribution in [0.5, 0.6) is 5.75 Å². The molecule has 0 aliphatic rings. The third-order valence-corrected chi connectivity index (χ3v) is 2.52. The molecule has 0 saturated heterocycles. The Kier molecular flexibility index (Phi) is 5.20. The zero-order chi connectivity index (χ0) is 15.3. The van der Waals surface area contributed by atoms with E-state index in [2.05, 4.69) is 0 Å². The van der Waals surface area contributed by atoms with E-state index in [1.54, 1.807) is 0 Å². The fourth-order valence-electron chi connectivity index (χ4n) is 1.62. The number of hydrogen-bond acceptors (Lipinski definition) is 4. The van der Waals surface area contributed by atoms with E-state index in [-0.39, 0.29) is 11.3 Å². The van der Waals surface area contributed by atoms with Crippen LogP contribution in [0.2, 0.25) is 0 Å². The Labute approximate surface area is 113 Å². The number of anilines is 1. The van der Waals surface area contributed by atoms with E-state index in [0.717, 1.165) is 0 Å². The molecule has 5 nitrogen and oxygen atoms in total. The van der Waals surface area contributed by atoms with Crippen molar-refractivity contribution in [3.63, 3.8) is 0 Å². The summed E-state index contributed by atoms with van der Waals surface area (Å²) >= 11 is 0. The van der Waals surface area contributed by atoms with Crippen LogP contribution in [0.1, 0.15) is 10.4 Å². The molecular formula is C12H15F3N2O3. The maximum atomic E-state index is 12.4. The minimum atomic E-state index is -4.55. The number of nitrogens with zero attached hydrogens (tertiary/aromatic N) is 1. The van der Waals surface area contributed by atoms with Gasteiger partial charge in [0.05, 0.1) is 19.3 Å². The van der Waals surface area contributed by atoms with Crippen molar-refractivity contribution >= 4 is 11.6 Å². The van der Waals surface area contributed by atoms with Gasteiger partial charge in [0.15, 0.2) is 0 Å². The summed E-state index contributed by atoms with van der Waals surface area (Å²) in [5.41, 5.74) is 5.57. The molecule has 1 aromatic carbocycles. The number of nitrogens with two attached hydrogens (primary N) is 1. The van der Waals surface area contributed by atoms with Gasteiger partial charge in [-0.25, -0.2) is 0 Å². The Bertz CT molecular complexity index is 478. The number of aliphatic hydroxyl groups is 1. The van der Waals surface area contributed by atoms with Gasteiger partial charge in [-0.2, -0.15) is 13.2 Å². The van der Waals surface area contributed by atoms with Crippen molar-refractivity contribution < 1.29 is 27.8 Å². The highest BCUT2D eigenvalue weighted by molar-refractivity contribution is 5.99. The number of rotatable bonds is 5. The normalized spacial score (nSPS) is 11.2. The minimum Gasteiger partial charge on any atom is -0.497 e. The quantitative estimate of drug-likeness (QED) is 0.801. The van der Waals surface area contributed by atoms with Crippen molar-refractivity contribution in [1.82, 2.24) is 4.90 Å². The minimum absolute atomic E-state index is 0.0134. The highest BCUT2D eigenvalue weighted by atomic mass is 19.4. The van der Waals surface area contributed by atoms with Crippen LogP contribution in [-0.2, 0) is 0 Å². The van der Waals surface area contributed by atoms with Crippen molar-refractivity contribution in [1.29, 1.82) is 0 Å². The van der Waals surface area contributed by atoms with E-state index in [9.17, 15) is 18.0 Å². The van der Waals surface area contributed by atoms with Gasteiger partial charge in [0, 0.05) is 18.3 Å². The fraction of sp³-hybridized carbons (Fsp3) is 0.417. The molecule has 0 aromatic heterocycles. The molecule has 8 heteroatoms. The van der Waals surface area contributed by atoms with Crippen molar-refractivity contribution in [3.8, 4) is 5.75 Å². The number of carbonyl (C=O) groups is 1. The smallest absolute Gasteiger partial charge is 0.406 e. The first kappa shape index (κ1) is 16.1. The summed E-state index contributed by atoms with van der Waals surface area (Å²) in [7, 11) is 1.40. The van der Waals surface area contributed by atoms with E-state index in [0.29, 0.717) is 10.6 Å². The van der Waals surface area contributed by atoms with Crippen LogP contribution in [0, 0.1) is 0 Å². The summed E-state index contributed by atoms with van der Waals surface area (Å²) in [5, 5.41) is 8.77. The van der Waals surface area contributed by atoms with Crippen molar-refractivity contribution in [2.24, 2.45) is 0 Å². The zero-order valence-electron chi connectivity index (χ0n) is 10.8. The average molecular weight is 292 g/mol. The topological polar surface area (TPSA) is 75.8 Å². The molecule has 20 heavy (non-hydrogen) atoms. The second-order valence-corrected chi connectivity index (χ2v) is 4.02. The Hall–Kier alpha value is -1.96. The van der Waals surface area contributed by atoms with Crippen LogP contribution in [0.15, 0.2) is 18.2 Å². The second kappa shape index (κ2) is 6.47. The number of aliphatic hydroxyl groups excluding tert-OH is 1. The SMILES string of the molecule is COc1ccc(C(=O)N(CCO)CC(F)(F)F)c(N)c1. The van der Waals surface area contributed by atoms with Gasteiger partial charge in [0.25, 0.3) is 5.91 Å². The predicted octanol–water partition coefficient (Wildman–Crippen LogP) is 1.27. The van der Waals surface area contributed by atoms with Gasteiger partial charge in [0.1, 0.15) is 12.3 Å². The summed E-state index contributed by atoms with van der Waals surface area (Å²) in [4.78, 5) is 12.5. The Morgan fingerprint density at radius 2 is 2.10 bits per heavy atom. The third-order valence-electron chi connectivity index (χ3n) is 2.52.